The number of halogens is 1. The van der Waals surface area contributed by atoms with Crippen LogP contribution < -0.4 is 10.2 Å². The molecule has 13 heteroatoms. The van der Waals surface area contributed by atoms with Crippen LogP contribution in [0.3, 0.4) is 0 Å². The Hall–Kier alpha value is -3.48. The third-order valence-electron chi connectivity index (χ3n) is 6.43. The van der Waals surface area contributed by atoms with Crippen LogP contribution in [0.5, 0.6) is 0 Å². The van der Waals surface area contributed by atoms with E-state index >= 15 is 4.39 Å². The Kier molecular flexibility index (Phi) is 10.7. The van der Waals surface area contributed by atoms with Crippen LogP contribution in [0.15, 0.2) is 24.4 Å². The summed E-state index contributed by atoms with van der Waals surface area (Å²) in [6.07, 6.45) is 2.61. The molecule has 40 heavy (non-hydrogen) atoms. The summed E-state index contributed by atoms with van der Waals surface area (Å²) in [6.45, 7) is 12.1. The highest BCUT2D eigenvalue weighted by Gasteiger charge is 2.39. The Morgan fingerprint density at radius 3 is 2.48 bits per heavy atom. The second kappa shape index (κ2) is 13.7. The van der Waals surface area contributed by atoms with Gasteiger partial charge >= 0.3 is 6.09 Å². The van der Waals surface area contributed by atoms with Crippen LogP contribution in [0.1, 0.15) is 53.2 Å². The van der Waals surface area contributed by atoms with Gasteiger partial charge in [0, 0.05) is 38.8 Å². The van der Waals surface area contributed by atoms with Crippen LogP contribution in [0.4, 0.5) is 14.9 Å². The number of carbonyl (C=O) groups is 2. The average Bonchev–Trinajstić information content (AvgIpc) is 3.62. The lowest BCUT2D eigenvalue weighted by molar-refractivity contribution is -0.136. The fourth-order valence-corrected chi connectivity index (χ4v) is 4.65. The fraction of sp³-hybridized carbons (Fsp3) is 0.593. The molecule has 2 fully saturated rings. The zero-order chi connectivity index (χ0) is 29.4. The number of nitrogens with zero attached hydrogens (tertiary/aromatic N) is 6. The minimum atomic E-state index is -0.621. The summed E-state index contributed by atoms with van der Waals surface area (Å²) in [7, 11) is 1.48. The van der Waals surface area contributed by atoms with Crippen molar-refractivity contribution in [3.05, 3.63) is 35.9 Å². The van der Waals surface area contributed by atoms with Gasteiger partial charge in [-0.1, -0.05) is 19.1 Å². The highest BCUT2D eigenvalue weighted by atomic mass is 32.1. The summed E-state index contributed by atoms with van der Waals surface area (Å²) in [6, 6.07) is 4.39. The summed E-state index contributed by atoms with van der Waals surface area (Å²) < 4.78 is 27.0. The zero-order valence-electron chi connectivity index (χ0n) is 24.1. The Balaban J connectivity index is 0.00000216. The third-order valence-corrected chi connectivity index (χ3v) is 6.74. The lowest BCUT2D eigenvalue weighted by Crippen LogP contribution is -2.55. The summed E-state index contributed by atoms with van der Waals surface area (Å²) >= 11 is 4.94. The van der Waals surface area contributed by atoms with Crippen molar-refractivity contribution < 1.29 is 23.5 Å². The number of thiocarbonyl (C=S) groups is 1. The van der Waals surface area contributed by atoms with Gasteiger partial charge in [0.1, 0.15) is 23.2 Å². The van der Waals surface area contributed by atoms with Crippen LogP contribution in [-0.4, -0.2) is 93.4 Å². The lowest BCUT2D eigenvalue weighted by Gasteiger charge is -2.38. The highest BCUT2D eigenvalue weighted by Crippen LogP contribution is 2.26. The number of ether oxygens (including phenoxy) is 2. The van der Waals surface area contributed by atoms with Crippen LogP contribution in [0.2, 0.25) is 0 Å². The number of methoxy groups -OCH3 is 1. The first-order chi connectivity index (χ1) is 19.1. The molecule has 11 nitrogen and oxygen atoms in total. The number of amides is 2. The number of rotatable bonds is 5. The predicted molar refractivity (Wildman–Crippen MR) is 154 cm³/mol. The molecule has 0 spiro atoms. The standard InChI is InChI=1S/C25H34FN7O4S.C2H6/c1-25(2,3)37-24(35)32-9-5-6-21(32)22(34)31-12-10-30(11-13-31)20-8-7-18(14-19(20)26)33-16-17(28-29-33)15-27-23(38)36-4;1-2/h7-8,14,16,21H,5-6,9-13,15H2,1-4H3,(H,27,38);1-2H3. The number of likely N-dealkylation sites (tertiary alicyclic amines) is 1. The van der Waals surface area contributed by atoms with E-state index in [-0.39, 0.29) is 16.9 Å². The zero-order valence-corrected chi connectivity index (χ0v) is 25.0. The molecular weight excluding hydrogens is 537 g/mol. The molecule has 1 atom stereocenters. The molecule has 2 amide bonds. The van der Waals surface area contributed by atoms with Gasteiger partial charge in [-0.15, -0.1) is 5.10 Å². The van der Waals surface area contributed by atoms with Crippen LogP contribution >= 0.6 is 12.2 Å². The van der Waals surface area contributed by atoms with Gasteiger partial charge in [0.05, 0.1) is 31.2 Å². The third kappa shape index (κ3) is 7.80. The molecule has 2 aromatic rings. The number of hydrogen-bond donors (Lipinski definition) is 1. The molecule has 1 aromatic carbocycles. The van der Waals surface area contributed by atoms with E-state index in [1.807, 2.05) is 39.5 Å². The summed E-state index contributed by atoms with van der Waals surface area (Å²) in [4.78, 5) is 31.1. The number of aromatic nitrogens is 3. The van der Waals surface area contributed by atoms with Crippen molar-refractivity contribution in [2.45, 2.75) is 65.6 Å². The van der Waals surface area contributed by atoms with E-state index in [9.17, 15) is 9.59 Å². The maximum Gasteiger partial charge on any atom is 0.410 e. The van der Waals surface area contributed by atoms with Crippen molar-refractivity contribution in [3.63, 3.8) is 0 Å². The molecule has 0 bridgehead atoms. The van der Waals surface area contributed by atoms with Crippen molar-refractivity contribution in [3.8, 4) is 5.69 Å². The molecule has 4 rings (SSSR count). The minimum Gasteiger partial charge on any atom is -0.474 e. The van der Waals surface area contributed by atoms with E-state index in [2.05, 4.69) is 15.6 Å². The van der Waals surface area contributed by atoms with Crippen molar-refractivity contribution in [1.82, 2.24) is 30.1 Å². The van der Waals surface area contributed by atoms with Gasteiger partial charge in [-0.25, -0.2) is 13.9 Å². The lowest BCUT2D eigenvalue weighted by atomic mass is 10.1. The normalized spacial score (nSPS) is 17.2. The molecule has 1 aromatic heterocycles. The Bertz CT molecular complexity index is 1180. The summed E-state index contributed by atoms with van der Waals surface area (Å²) in [5.74, 6) is -0.462. The Labute approximate surface area is 240 Å². The maximum absolute atomic E-state index is 15.1. The topological polar surface area (TPSA) is 105 Å². The number of benzene rings is 1. The van der Waals surface area contributed by atoms with Crippen LogP contribution in [-0.2, 0) is 20.8 Å². The number of nitrogens with one attached hydrogen (secondary N) is 1. The van der Waals surface area contributed by atoms with E-state index < -0.39 is 17.7 Å². The largest absolute Gasteiger partial charge is 0.474 e. The SMILES string of the molecule is CC.COC(=S)NCc1cn(-c2ccc(N3CCN(C(=O)C4CCCN4C(=O)OC(C)(C)C)CC3)c(F)c2)nn1. The second-order valence-electron chi connectivity index (χ2n) is 10.3. The first kappa shape index (κ1) is 31.1. The van der Waals surface area contributed by atoms with E-state index in [0.29, 0.717) is 62.8 Å². The first-order valence-electron chi connectivity index (χ1n) is 13.6. The van der Waals surface area contributed by atoms with Gasteiger partial charge in [-0.3, -0.25) is 9.69 Å². The monoisotopic (exact) mass is 577 g/mol. The quantitative estimate of drug-likeness (QED) is 0.535. The second-order valence-corrected chi connectivity index (χ2v) is 10.7. The predicted octanol–water partition coefficient (Wildman–Crippen LogP) is 3.50. The van der Waals surface area contributed by atoms with Gasteiger partial charge in [-0.2, -0.15) is 0 Å². The van der Waals surface area contributed by atoms with Crippen molar-refractivity contribution in [2.75, 3.05) is 44.7 Å². The Morgan fingerprint density at radius 1 is 1.15 bits per heavy atom. The minimum absolute atomic E-state index is 0.0773. The summed E-state index contributed by atoms with van der Waals surface area (Å²) in [5, 5.41) is 11.3. The van der Waals surface area contributed by atoms with Crippen LogP contribution in [0.25, 0.3) is 5.69 Å². The average molecular weight is 578 g/mol. The van der Waals surface area contributed by atoms with Crippen molar-refractivity contribution in [1.29, 1.82) is 0 Å². The van der Waals surface area contributed by atoms with E-state index in [1.54, 1.807) is 23.2 Å². The van der Waals surface area contributed by atoms with Gasteiger partial charge in [0.15, 0.2) is 0 Å². The number of hydrogen-bond acceptors (Lipinski definition) is 8. The summed E-state index contributed by atoms with van der Waals surface area (Å²) in [5.41, 5.74) is 1.01. The van der Waals surface area contributed by atoms with Gasteiger partial charge in [0.2, 0.25) is 5.91 Å². The van der Waals surface area contributed by atoms with Gasteiger partial charge in [0.25, 0.3) is 5.17 Å². The molecule has 1 N–H and O–H groups in total. The number of carbonyl (C=O) groups excluding carboxylic acids is 2. The molecule has 2 aliphatic heterocycles. The van der Waals surface area contributed by atoms with Crippen molar-refractivity contribution >= 4 is 35.1 Å². The molecule has 3 heterocycles. The Morgan fingerprint density at radius 2 is 1.85 bits per heavy atom. The number of anilines is 1. The maximum atomic E-state index is 15.1. The molecule has 220 valence electrons. The van der Waals surface area contributed by atoms with Gasteiger partial charge < -0.3 is 24.6 Å². The van der Waals surface area contributed by atoms with E-state index in [1.165, 1.54) is 22.8 Å². The van der Waals surface area contributed by atoms with E-state index in [4.69, 9.17) is 21.7 Å². The molecule has 0 saturated carbocycles. The molecule has 1 unspecified atom stereocenters. The molecule has 2 saturated heterocycles. The first-order valence-corrected chi connectivity index (χ1v) is 14.0. The smallest absolute Gasteiger partial charge is 0.410 e. The molecule has 0 aliphatic carbocycles. The molecular formula is C27H40FN7O4S. The van der Waals surface area contributed by atoms with E-state index in [0.717, 1.165) is 6.42 Å². The number of piperazine rings is 1. The molecule has 0 radical (unpaired) electrons. The molecule has 2 aliphatic rings. The fourth-order valence-electron chi connectivity index (χ4n) is 4.58. The van der Waals surface area contributed by atoms with Crippen molar-refractivity contribution in [2.24, 2.45) is 0 Å². The van der Waals surface area contributed by atoms with Crippen LogP contribution in [0, 0.1) is 5.82 Å². The highest BCUT2D eigenvalue weighted by molar-refractivity contribution is 7.80. The van der Waals surface area contributed by atoms with Gasteiger partial charge in [-0.05, 0) is 58.0 Å².